The van der Waals surface area contributed by atoms with Crippen molar-refractivity contribution in [3.63, 3.8) is 0 Å². The van der Waals surface area contributed by atoms with Gasteiger partial charge in [-0.1, -0.05) is 13.8 Å². The number of hydrogen-bond acceptors (Lipinski definition) is 2. The lowest BCUT2D eigenvalue weighted by molar-refractivity contribution is -0.135. The fourth-order valence-electron chi connectivity index (χ4n) is 1.91. The van der Waals surface area contributed by atoms with Gasteiger partial charge in [0.2, 0.25) is 5.91 Å². The van der Waals surface area contributed by atoms with Crippen molar-refractivity contribution in [1.29, 1.82) is 0 Å². The molecule has 1 rings (SSSR count). The third kappa shape index (κ3) is 3.20. The highest BCUT2D eigenvalue weighted by Crippen LogP contribution is 2.46. The van der Waals surface area contributed by atoms with Crippen molar-refractivity contribution >= 4 is 5.91 Å². The Labute approximate surface area is 93.2 Å². The number of hydrogen-bond donors (Lipinski definition) is 1. The molecule has 0 atom stereocenters. The summed E-state index contributed by atoms with van der Waals surface area (Å²) < 4.78 is 0. The van der Waals surface area contributed by atoms with Crippen LogP contribution in [0.15, 0.2) is 0 Å². The van der Waals surface area contributed by atoms with Crippen LogP contribution in [-0.2, 0) is 4.79 Å². The molecular formula is C12H24N2O. The summed E-state index contributed by atoms with van der Waals surface area (Å²) in [5.74, 6) is 0.997. The minimum atomic E-state index is -0.0551. The molecule has 0 aromatic rings. The molecule has 15 heavy (non-hydrogen) atoms. The topological polar surface area (TPSA) is 32.3 Å². The summed E-state index contributed by atoms with van der Waals surface area (Å²) in [6.45, 7) is 6.11. The van der Waals surface area contributed by atoms with E-state index in [-0.39, 0.29) is 5.41 Å². The summed E-state index contributed by atoms with van der Waals surface area (Å²) in [6.07, 6.45) is 3.20. The van der Waals surface area contributed by atoms with Crippen molar-refractivity contribution in [2.24, 2.45) is 11.3 Å². The Bertz CT molecular complexity index is 222. The second-order valence-corrected chi connectivity index (χ2v) is 5.22. The molecule has 3 heteroatoms. The number of carbonyl (C=O) groups excluding carboxylic acids is 1. The monoisotopic (exact) mass is 212 g/mol. The number of nitrogens with zero attached hydrogens (tertiary/aromatic N) is 1. The second kappa shape index (κ2) is 4.97. The van der Waals surface area contributed by atoms with Gasteiger partial charge in [-0.3, -0.25) is 4.79 Å². The summed E-state index contributed by atoms with van der Waals surface area (Å²) in [7, 11) is 3.85. The number of rotatable bonds is 6. The predicted molar refractivity (Wildman–Crippen MR) is 62.7 cm³/mol. The lowest BCUT2D eigenvalue weighted by atomic mass is 10.0. The van der Waals surface area contributed by atoms with E-state index in [1.54, 1.807) is 0 Å². The van der Waals surface area contributed by atoms with Crippen molar-refractivity contribution < 1.29 is 4.79 Å². The molecule has 1 aliphatic carbocycles. The van der Waals surface area contributed by atoms with Crippen molar-refractivity contribution in [3.8, 4) is 0 Å². The Hall–Kier alpha value is -0.570. The molecule has 1 N–H and O–H groups in total. The van der Waals surface area contributed by atoms with Crippen molar-refractivity contribution in [2.75, 3.05) is 27.2 Å². The summed E-state index contributed by atoms with van der Waals surface area (Å²) in [4.78, 5) is 14.0. The molecule has 0 heterocycles. The highest BCUT2D eigenvalue weighted by Gasteiger charge is 2.50. The fraction of sp³-hybridized carbons (Fsp3) is 0.917. The maximum absolute atomic E-state index is 12.1. The Kier molecular flexibility index (Phi) is 4.14. The smallest absolute Gasteiger partial charge is 0.229 e. The van der Waals surface area contributed by atoms with Gasteiger partial charge in [-0.05, 0) is 32.2 Å². The van der Waals surface area contributed by atoms with E-state index >= 15 is 0 Å². The van der Waals surface area contributed by atoms with Crippen LogP contribution >= 0.6 is 0 Å². The maximum atomic E-state index is 12.1. The average molecular weight is 212 g/mol. The number of nitrogens with one attached hydrogen (secondary N) is 1. The molecule has 0 bridgehead atoms. The zero-order valence-corrected chi connectivity index (χ0v) is 10.5. The highest BCUT2D eigenvalue weighted by molar-refractivity contribution is 5.85. The molecule has 0 aromatic heterocycles. The fourth-order valence-corrected chi connectivity index (χ4v) is 1.91. The molecule has 0 spiro atoms. The summed E-state index contributed by atoms with van der Waals surface area (Å²) in [5, 5.41) is 3.12. The Morgan fingerprint density at radius 3 is 2.47 bits per heavy atom. The molecule has 0 radical (unpaired) electrons. The van der Waals surface area contributed by atoms with Gasteiger partial charge in [-0.2, -0.15) is 0 Å². The van der Waals surface area contributed by atoms with E-state index in [0.717, 1.165) is 32.4 Å². The number of amides is 1. The van der Waals surface area contributed by atoms with Crippen LogP contribution in [0.1, 0.15) is 33.1 Å². The Morgan fingerprint density at radius 2 is 2.07 bits per heavy atom. The second-order valence-electron chi connectivity index (χ2n) is 5.22. The van der Waals surface area contributed by atoms with Gasteiger partial charge in [0, 0.05) is 20.1 Å². The third-order valence-corrected chi connectivity index (χ3v) is 3.21. The van der Waals surface area contributed by atoms with Gasteiger partial charge in [-0.15, -0.1) is 0 Å². The standard InChI is InChI=1S/C12H24N2O/c1-10(2)5-8-14(4)11(15)12(6-7-12)9-13-3/h10,13H,5-9H2,1-4H3. The van der Waals surface area contributed by atoms with Crippen LogP contribution in [0, 0.1) is 11.3 Å². The van der Waals surface area contributed by atoms with Crippen LogP contribution in [0.3, 0.4) is 0 Å². The molecule has 1 saturated carbocycles. The van der Waals surface area contributed by atoms with Crippen molar-refractivity contribution in [3.05, 3.63) is 0 Å². The Balaban J connectivity index is 2.39. The van der Waals surface area contributed by atoms with Gasteiger partial charge in [0.1, 0.15) is 0 Å². The summed E-state index contributed by atoms with van der Waals surface area (Å²) >= 11 is 0. The summed E-state index contributed by atoms with van der Waals surface area (Å²) in [5.41, 5.74) is -0.0551. The van der Waals surface area contributed by atoms with Crippen LogP contribution in [0.25, 0.3) is 0 Å². The van der Waals surface area contributed by atoms with Gasteiger partial charge >= 0.3 is 0 Å². The van der Waals surface area contributed by atoms with Gasteiger partial charge in [0.25, 0.3) is 0 Å². The van der Waals surface area contributed by atoms with Crippen LogP contribution < -0.4 is 5.32 Å². The number of carbonyl (C=O) groups is 1. The van der Waals surface area contributed by atoms with E-state index in [0.29, 0.717) is 11.8 Å². The molecule has 1 amide bonds. The maximum Gasteiger partial charge on any atom is 0.229 e. The first-order chi connectivity index (χ1) is 7.02. The predicted octanol–water partition coefficient (Wildman–Crippen LogP) is 1.49. The molecule has 1 aliphatic rings. The minimum absolute atomic E-state index is 0.0551. The molecule has 0 unspecified atom stereocenters. The lowest BCUT2D eigenvalue weighted by Crippen LogP contribution is -2.39. The first kappa shape index (κ1) is 12.5. The van der Waals surface area contributed by atoms with Gasteiger partial charge in [0.15, 0.2) is 0 Å². The molecule has 1 fully saturated rings. The first-order valence-electron chi connectivity index (χ1n) is 5.92. The summed E-state index contributed by atoms with van der Waals surface area (Å²) in [6, 6.07) is 0. The average Bonchev–Trinajstić information content (AvgIpc) is 2.94. The SMILES string of the molecule is CNCC1(C(=O)N(C)CCC(C)C)CC1. The molecular weight excluding hydrogens is 188 g/mol. The molecule has 0 aliphatic heterocycles. The quantitative estimate of drug-likeness (QED) is 0.723. The zero-order chi connectivity index (χ0) is 11.5. The molecule has 0 aromatic carbocycles. The van der Waals surface area contributed by atoms with Crippen LogP contribution in [0.4, 0.5) is 0 Å². The van der Waals surface area contributed by atoms with Gasteiger partial charge in [-0.25, -0.2) is 0 Å². The van der Waals surface area contributed by atoms with Crippen LogP contribution in [0.5, 0.6) is 0 Å². The van der Waals surface area contributed by atoms with Crippen LogP contribution in [0.2, 0.25) is 0 Å². The van der Waals surface area contributed by atoms with E-state index in [4.69, 9.17) is 0 Å². The molecule has 88 valence electrons. The van der Waals surface area contributed by atoms with E-state index < -0.39 is 0 Å². The zero-order valence-electron chi connectivity index (χ0n) is 10.5. The largest absolute Gasteiger partial charge is 0.345 e. The van der Waals surface area contributed by atoms with E-state index in [1.165, 1.54) is 0 Å². The van der Waals surface area contributed by atoms with E-state index in [1.807, 2.05) is 19.0 Å². The minimum Gasteiger partial charge on any atom is -0.345 e. The molecule has 0 saturated heterocycles. The first-order valence-corrected chi connectivity index (χ1v) is 5.92. The van der Waals surface area contributed by atoms with Crippen LogP contribution in [-0.4, -0.2) is 38.0 Å². The van der Waals surface area contributed by atoms with E-state index in [2.05, 4.69) is 19.2 Å². The third-order valence-electron chi connectivity index (χ3n) is 3.21. The lowest BCUT2D eigenvalue weighted by Gasteiger charge is -2.24. The Morgan fingerprint density at radius 1 is 1.47 bits per heavy atom. The van der Waals surface area contributed by atoms with Gasteiger partial charge in [0.05, 0.1) is 5.41 Å². The molecule has 3 nitrogen and oxygen atoms in total. The highest BCUT2D eigenvalue weighted by atomic mass is 16.2. The van der Waals surface area contributed by atoms with E-state index in [9.17, 15) is 4.79 Å². The van der Waals surface area contributed by atoms with Crippen molar-refractivity contribution in [1.82, 2.24) is 10.2 Å². The van der Waals surface area contributed by atoms with Crippen molar-refractivity contribution in [2.45, 2.75) is 33.1 Å². The normalized spacial score (nSPS) is 17.9. The van der Waals surface area contributed by atoms with Gasteiger partial charge < -0.3 is 10.2 Å².